The molecule has 3 rings (SSSR count). The Balaban J connectivity index is 1.73. The Labute approximate surface area is 113 Å². The molecular weight excluding hydrogens is 242 g/mol. The minimum atomic E-state index is 0.111. The van der Waals surface area contributed by atoms with Crippen molar-refractivity contribution in [3.8, 4) is 0 Å². The summed E-state index contributed by atoms with van der Waals surface area (Å²) in [6.07, 6.45) is 3.04. The van der Waals surface area contributed by atoms with Crippen molar-refractivity contribution in [1.82, 2.24) is 14.8 Å². The molecule has 2 aliphatic heterocycles. The summed E-state index contributed by atoms with van der Waals surface area (Å²) in [7, 11) is 2.12. The Morgan fingerprint density at radius 1 is 1.47 bits per heavy atom. The van der Waals surface area contributed by atoms with Crippen LogP contribution < -0.4 is 0 Å². The van der Waals surface area contributed by atoms with Gasteiger partial charge in [-0.05, 0) is 32.0 Å². The molecule has 104 valence electrons. The molecule has 2 saturated heterocycles. The van der Waals surface area contributed by atoms with Crippen LogP contribution in [-0.4, -0.2) is 66.1 Å². The van der Waals surface area contributed by atoms with Crippen LogP contribution >= 0.6 is 0 Å². The van der Waals surface area contributed by atoms with E-state index < -0.39 is 0 Å². The number of aromatic amines is 1. The molecule has 3 heterocycles. The zero-order valence-electron chi connectivity index (χ0n) is 11.6. The van der Waals surface area contributed by atoms with Gasteiger partial charge in [-0.2, -0.15) is 0 Å². The maximum atomic E-state index is 12.5. The van der Waals surface area contributed by atoms with Gasteiger partial charge in [0.15, 0.2) is 0 Å². The van der Waals surface area contributed by atoms with E-state index in [-0.39, 0.29) is 12.0 Å². The molecule has 1 aromatic heterocycles. The minimum absolute atomic E-state index is 0.111. The lowest BCUT2D eigenvalue weighted by Crippen LogP contribution is -2.59. The van der Waals surface area contributed by atoms with E-state index in [0.717, 1.165) is 43.9 Å². The Hall–Kier alpha value is -1.33. The summed E-state index contributed by atoms with van der Waals surface area (Å²) in [6.45, 7) is 5.27. The Bertz CT molecular complexity index is 471. The Kier molecular flexibility index (Phi) is 3.33. The first kappa shape index (κ1) is 12.7. The maximum Gasteiger partial charge on any atom is 0.270 e. The molecule has 0 radical (unpaired) electrons. The molecule has 5 nitrogen and oxygen atoms in total. The molecule has 2 aliphatic rings. The number of likely N-dealkylation sites (N-methyl/N-ethyl adjacent to an activating group) is 1. The Morgan fingerprint density at radius 2 is 2.32 bits per heavy atom. The van der Waals surface area contributed by atoms with Crippen molar-refractivity contribution in [2.45, 2.75) is 25.5 Å². The third kappa shape index (κ3) is 2.28. The smallest absolute Gasteiger partial charge is 0.270 e. The normalized spacial score (nSPS) is 28.2. The summed E-state index contributed by atoms with van der Waals surface area (Å²) >= 11 is 0. The molecule has 1 N–H and O–H groups in total. The van der Waals surface area contributed by atoms with Crippen LogP contribution in [0.1, 0.15) is 22.5 Å². The molecule has 0 unspecified atom stereocenters. The van der Waals surface area contributed by atoms with Crippen molar-refractivity contribution < 1.29 is 9.53 Å². The zero-order valence-corrected chi connectivity index (χ0v) is 11.6. The molecule has 1 aromatic rings. The van der Waals surface area contributed by atoms with Crippen LogP contribution in [0.5, 0.6) is 0 Å². The number of carbonyl (C=O) groups excluding carboxylic acids is 1. The molecule has 2 atom stereocenters. The lowest BCUT2D eigenvalue weighted by atomic mass is 9.99. The van der Waals surface area contributed by atoms with Crippen molar-refractivity contribution in [2.24, 2.45) is 0 Å². The SMILES string of the molecule is Cc1cc[nH]c1C(=O)N1CC[C@H]2OCCN(C)[C@H]2C1. The van der Waals surface area contributed by atoms with Crippen molar-refractivity contribution in [2.75, 3.05) is 33.3 Å². The number of amides is 1. The summed E-state index contributed by atoms with van der Waals surface area (Å²) in [6, 6.07) is 2.28. The van der Waals surface area contributed by atoms with E-state index in [2.05, 4.69) is 16.9 Å². The third-order valence-corrected chi connectivity index (χ3v) is 4.32. The topological polar surface area (TPSA) is 48.6 Å². The number of hydrogen-bond donors (Lipinski definition) is 1. The molecule has 0 spiro atoms. The minimum Gasteiger partial charge on any atom is -0.375 e. The van der Waals surface area contributed by atoms with E-state index in [1.54, 1.807) is 0 Å². The van der Waals surface area contributed by atoms with E-state index in [0.29, 0.717) is 6.04 Å². The summed E-state index contributed by atoms with van der Waals surface area (Å²) in [5.74, 6) is 0.111. The van der Waals surface area contributed by atoms with Crippen LogP contribution in [0.25, 0.3) is 0 Å². The number of likely N-dealkylation sites (tertiary alicyclic amines) is 1. The number of nitrogens with one attached hydrogen (secondary N) is 1. The van der Waals surface area contributed by atoms with Gasteiger partial charge in [0.2, 0.25) is 0 Å². The number of nitrogens with zero attached hydrogens (tertiary/aromatic N) is 2. The van der Waals surface area contributed by atoms with E-state index in [1.165, 1.54) is 0 Å². The molecule has 0 saturated carbocycles. The highest BCUT2D eigenvalue weighted by atomic mass is 16.5. The fraction of sp³-hybridized carbons (Fsp3) is 0.643. The first-order chi connectivity index (χ1) is 9.16. The predicted molar refractivity (Wildman–Crippen MR) is 72.2 cm³/mol. The standard InChI is InChI=1S/C14H21N3O2/c1-10-3-5-15-13(10)14(18)17-6-4-12-11(9-17)16(2)7-8-19-12/h3,5,11-12,15H,4,6-9H2,1-2H3/t11-,12+/m0/s1. The van der Waals surface area contributed by atoms with Crippen LogP contribution in [0.15, 0.2) is 12.3 Å². The average molecular weight is 263 g/mol. The van der Waals surface area contributed by atoms with Gasteiger partial charge >= 0.3 is 0 Å². The molecule has 1 amide bonds. The van der Waals surface area contributed by atoms with Gasteiger partial charge < -0.3 is 14.6 Å². The molecular formula is C14H21N3O2. The van der Waals surface area contributed by atoms with E-state index >= 15 is 0 Å². The van der Waals surface area contributed by atoms with E-state index in [4.69, 9.17) is 4.74 Å². The highest BCUT2D eigenvalue weighted by molar-refractivity contribution is 5.94. The van der Waals surface area contributed by atoms with Crippen molar-refractivity contribution in [3.63, 3.8) is 0 Å². The van der Waals surface area contributed by atoms with E-state index in [9.17, 15) is 4.79 Å². The molecule has 2 fully saturated rings. The molecule has 5 heteroatoms. The van der Waals surface area contributed by atoms with Gasteiger partial charge in [0.25, 0.3) is 5.91 Å². The van der Waals surface area contributed by atoms with Crippen molar-refractivity contribution in [3.05, 3.63) is 23.5 Å². The molecule has 0 bridgehead atoms. The second-order valence-electron chi connectivity index (χ2n) is 5.53. The predicted octanol–water partition coefficient (Wildman–Crippen LogP) is 0.868. The lowest BCUT2D eigenvalue weighted by Gasteiger charge is -2.45. The fourth-order valence-electron chi connectivity index (χ4n) is 3.06. The number of rotatable bonds is 1. The second-order valence-corrected chi connectivity index (χ2v) is 5.53. The number of carbonyl (C=O) groups is 1. The lowest BCUT2D eigenvalue weighted by molar-refractivity contribution is -0.0894. The van der Waals surface area contributed by atoms with Gasteiger partial charge in [-0.3, -0.25) is 9.69 Å². The van der Waals surface area contributed by atoms with Gasteiger partial charge in [0.05, 0.1) is 18.8 Å². The number of fused-ring (bicyclic) bond motifs is 1. The average Bonchev–Trinajstić information content (AvgIpc) is 2.84. The fourth-order valence-corrected chi connectivity index (χ4v) is 3.06. The van der Waals surface area contributed by atoms with Crippen LogP contribution in [-0.2, 0) is 4.74 Å². The van der Waals surface area contributed by atoms with Gasteiger partial charge in [-0.15, -0.1) is 0 Å². The third-order valence-electron chi connectivity index (χ3n) is 4.32. The van der Waals surface area contributed by atoms with E-state index in [1.807, 2.05) is 24.1 Å². The number of aryl methyl sites for hydroxylation is 1. The number of morpholine rings is 1. The number of piperidine rings is 1. The highest BCUT2D eigenvalue weighted by Crippen LogP contribution is 2.23. The van der Waals surface area contributed by atoms with Gasteiger partial charge in [-0.25, -0.2) is 0 Å². The van der Waals surface area contributed by atoms with Crippen LogP contribution in [0.2, 0.25) is 0 Å². The molecule has 0 aliphatic carbocycles. The second kappa shape index (κ2) is 4.98. The van der Waals surface area contributed by atoms with Gasteiger partial charge in [0, 0.05) is 25.8 Å². The maximum absolute atomic E-state index is 12.5. The van der Waals surface area contributed by atoms with Crippen LogP contribution in [0, 0.1) is 6.92 Å². The van der Waals surface area contributed by atoms with Crippen molar-refractivity contribution in [1.29, 1.82) is 0 Å². The highest BCUT2D eigenvalue weighted by Gasteiger charge is 2.37. The van der Waals surface area contributed by atoms with Crippen LogP contribution in [0.4, 0.5) is 0 Å². The molecule has 19 heavy (non-hydrogen) atoms. The van der Waals surface area contributed by atoms with Gasteiger partial charge in [0.1, 0.15) is 5.69 Å². The summed E-state index contributed by atoms with van der Waals surface area (Å²) < 4.78 is 5.81. The summed E-state index contributed by atoms with van der Waals surface area (Å²) in [4.78, 5) is 19.8. The molecule has 0 aromatic carbocycles. The zero-order chi connectivity index (χ0) is 13.4. The number of H-pyrrole nitrogens is 1. The number of hydrogen-bond acceptors (Lipinski definition) is 3. The Morgan fingerprint density at radius 3 is 3.05 bits per heavy atom. The number of ether oxygens (including phenoxy) is 1. The van der Waals surface area contributed by atoms with Crippen molar-refractivity contribution >= 4 is 5.91 Å². The summed E-state index contributed by atoms with van der Waals surface area (Å²) in [5.41, 5.74) is 1.73. The van der Waals surface area contributed by atoms with Gasteiger partial charge in [-0.1, -0.05) is 0 Å². The summed E-state index contributed by atoms with van der Waals surface area (Å²) in [5, 5.41) is 0. The first-order valence-corrected chi connectivity index (χ1v) is 6.92. The van der Waals surface area contributed by atoms with Crippen LogP contribution in [0.3, 0.4) is 0 Å². The number of aromatic nitrogens is 1. The monoisotopic (exact) mass is 263 g/mol. The largest absolute Gasteiger partial charge is 0.375 e. The quantitative estimate of drug-likeness (QED) is 0.818. The first-order valence-electron chi connectivity index (χ1n) is 6.92.